The fraction of sp³-hybridized carbons (Fsp3) is 0.727. The van der Waals surface area contributed by atoms with E-state index in [1.54, 1.807) is 37.5 Å². The number of hydrogen-bond acceptors (Lipinski definition) is 6. The molecule has 0 aromatic carbocycles. The third-order valence-electron chi connectivity index (χ3n) is 4.69. The minimum Gasteiger partial charge on any atom is -0.449 e. The van der Waals surface area contributed by atoms with Crippen molar-refractivity contribution in [3.8, 4) is 0 Å². The van der Waals surface area contributed by atoms with Gasteiger partial charge in [-0.15, -0.1) is 0 Å². The third-order valence-corrected chi connectivity index (χ3v) is 4.69. The monoisotopic (exact) mass is 426 g/mol. The maximum absolute atomic E-state index is 12.5. The fourth-order valence-corrected chi connectivity index (χ4v) is 2.84. The highest BCUT2D eigenvalue weighted by atomic mass is 16.6. The lowest BCUT2D eigenvalue weighted by molar-refractivity contribution is -0.160. The number of rotatable bonds is 12. The summed E-state index contributed by atoms with van der Waals surface area (Å²) in [5, 5.41) is 0. The second-order valence-electron chi connectivity index (χ2n) is 7.56. The van der Waals surface area contributed by atoms with Gasteiger partial charge in [-0.25, -0.2) is 9.59 Å². The van der Waals surface area contributed by atoms with E-state index in [4.69, 9.17) is 9.47 Å². The predicted molar refractivity (Wildman–Crippen MR) is 114 cm³/mol. The standard InChI is InChI=1S/C22H38N2O6/c1-9-23(10-2)21(27)19(15(5)6)29-17(25)13-14-18(26)30-20(16(7)8)22(28)24(11-3)12-4/h13-16,19-20H,9-12H2,1-8H3/b14-13+/t19-,20-/m0/s1. The van der Waals surface area contributed by atoms with Gasteiger partial charge in [-0.05, 0) is 39.5 Å². The molecule has 0 saturated heterocycles. The summed E-state index contributed by atoms with van der Waals surface area (Å²) in [7, 11) is 0. The molecular formula is C22H38N2O6. The number of hydrogen-bond donors (Lipinski definition) is 0. The highest BCUT2D eigenvalue weighted by Gasteiger charge is 2.30. The van der Waals surface area contributed by atoms with Crippen LogP contribution in [0, 0.1) is 11.8 Å². The zero-order valence-corrected chi connectivity index (χ0v) is 19.6. The van der Waals surface area contributed by atoms with Crippen LogP contribution in [0.25, 0.3) is 0 Å². The Morgan fingerprint density at radius 1 is 0.633 bits per heavy atom. The van der Waals surface area contributed by atoms with E-state index in [0.29, 0.717) is 26.2 Å². The number of ether oxygens (including phenoxy) is 2. The lowest BCUT2D eigenvalue weighted by Gasteiger charge is -2.27. The molecule has 0 heterocycles. The van der Waals surface area contributed by atoms with Crippen LogP contribution in [0.2, 0.25) is 0 Å². The lowest BCUT2D eigenvalue weighted by atomic mass is 10.1. The van der Waals surface area contributed by atoms with Gasteiger partial charge in [-0.1, -0.05) is 27.7 Å². The SMILES string of the molecule is CCN(CC)C(=O)[C@@H](OC(=O)/C=C/C(=O)O[C@H](C(=O)N(CC)CC)C(C)C)C(C)C. The quantitative estimate of drug-likeness (QED) is 0.351. The maximum Gasteiger partial charge on any atom is 0.331 e. The van der Waals surface area contributed by atoms with Crippen molar-refractivity contribution in [2.45, 2.75) is 67.6 Å². The molecule has 0 aliphatic carbocycles. The molecule has 0 unspecified atom stereocenters. The lowest BCUT2D eigenvalue weighted by Crippen LogP contribution is -2.44. The fourth-order valence-electron chi connectivity index (χ4n) is 2.84. The first-order valence-electron chi connectivity index (χ1n) is 10.7. The first-order chi connectivity index (χ1) is 14.0. The van der Waals surface area contributed by atoms with Gasteiger partial charge in [-0.2, -0.15) is 0 Å². The van der Waals surface area contributed by atoms with Crippen LogP contribution in [-0.2, 0) is 28.7 Å². The molecule has 0 aromatic rings. The molecule has 172 valence electrons. The summed E-state index contributed by atoms with van der Waals surface area (Å²) in [6, 6.07) is 0. The third kappa shape index (κ3) is 8.55. The first kappa shape index (κ1) is 27.6. The number of esters is 2. The molecule has 0 aliphatic rings. The van der Waals surface area contributed by atoms with Gasteiger partial charge in [0.05, 0.1) is 0 Å². The van der Waals surface area contributed by atoms with E-state index in [0.717, 1.165) is 12.2 Å². The van der Waals surface area contributed by atoms with Gasteiger partial charge in [0, 0.05) is 38.3 Å². The summed E-state index contributed by atoms with van der Waals surface area (Å²) in [6.07, 6.45) is -0.0321. The van der Waals surface area contributed by atoms with Crippen molar-refractivity contribution < 1.29 is 28.7 Å². The van der Waals surface area contributed by atoms with Gasteiger partial charge in [0.2, 0.25) is 0 Å². The summed E-state index contributed by atoms with van der Waals surface area (Å²) < 4.78 is 10.6. The van der Waals surface area contributed by atoms with Crippen molar-refractivity contribution in [1.82, 2.24) is 9.80 Å². The molecule has 0 saturated carbocycles. The Morgan fingerprint density at radius 2 is 0.900 bits per heavy atom. The number of carbonyl (C=O) groups excluding carboxylic acids is 4. The summed E-state index contributed by atoms with van der Waals surface area (Å²) in [5.41, 5.74) is 0. The molecule has 0 aromatic heterocycles. The Bertz CT molecular complexity index is 555. The Balaban J connectivity index is 5.12. The molecule has 0 radical (unpaired) electrons. The van der Waals surface area contributed by atoms with Crippen molar-refractivity contribution in [3.05, 3.63) is 12.2 Å². The normalized spacial score (nSPS) is 13.3. The van der Waals surface area contributed by atoms with E-state index in [9.17, 15) is 19.2 Å². The second kappa shape index (κ2) is 13.8. The Labute approximate surface area is 180 Å². The molecule has 0 N–H and O–H groups in total. The van der Waals surface area contributed by atoms with E-state index in [1.807, 2.05) is 27.7 Å². The second-order valence-corrected chi connectivity index (χ2v) is 7.56. The van der Waals surface area contributed by atoms with Crippen LogP contribution in [0.5, 0.6) is 0 Å². The molecule has 0 spiro atoms. The number of likely N-dealkylation sites (N-methyl/N-ethyl adjacent to an activating group) is 2. The first-order valence-corrected chi connectivity index (χ1v) is 10.7. The Hall–Kier alpha value is -2.38. The number of carbonyl (C=O) groups is 4. The molecule has 0 fully saturated rings. The molecule has 8 heteroatoms. The van der Waals surface area contributed by atoms with Gasteiger partial charge < -0.3 is 19.3 Å². The van der Waals surface area contributed by atoms with Crippen LogP contribution < -0.4 is 0 Å². The van der Waals surface area contributed by atoms with E-state index < -0.39 is 24.1 Å². The number of nitrogens with zero attached hydrogens (tertiary/aromatic N) is 2. The zero-order valence-electron chi connectivity index (χ0n) is 19.6. The molecular weight excluding hydrogens is 388 g/mol. The summed E-state index contributed by atoms with van der Waals surface area (Å²) >= 11 is 0. The van der Waals surface area contributed by atoms with Gasteiger partial charge in [0.1, 0.15) is 0 Å². The largest absolute Gasteiger partial charge is 0.449 e. The van der Waals surface area contributed by atoms with Gasteiger partial charge in [0.15, 0.2) is 12.2 Å². The molecule has 2 amide bonds. The predicted octanol–water partition coefficient (Wildman–Crippen LogP) is 2.42. The van der Waals surface area contributed by atoms with E-state index >= 15 is 0 Å². The minimum atomic E-state index is -0.939. The molecule has 0 aliphatic heterocycles. The van der Waals surface area contributed by atoms with Crippen molar-refractivity contribution in [3.63, 3.8) is 0 Å². The average Bonchev–Trinajstić information content (AvgIpc) is 2.69. The van der Waals surface area contributed by atoms with Crippen LogP contribution in [0.4, 0.5) is 0 Å². The van der Waals surface area contributed by atoms with Crippen LogP contribution in [0.15, 0.2) is 12.2 Å². The minimum absolute atomic E-state index is 0.223. The van der Waals surface area contributed by atoms with Gasteiger partial charge in [0.25, 0.3) is 11.8 Å². The number of amides is 2. The van der Waals surface area contributed by atoms with Crippen LogP contribution in [0.3, 0.4) is 0 Å². The van der Waals surface area contributed by atoms with E-state index in [-0.39, 0.29) is 23.7 Å². The van der Waals surface area contributed by atoms with E-state index in [1.165, 1.54) is 0 Å². The van der Waals surface area contributed by atoms with Crippen LogP contribution in [0.1, 0.15) is 55.4 Å². The van der Waals surface area contributed by atoms with Gasteiger partial charge in [-0.3, -0.25) is 9.59 Å². The van der Waals surface area contributed by atoms with Gasteiger partial charge >= 0.3 is 11.9 Å². The molecule has 2 atom stereocenters. The molecule has 8 nitrogen and oxygen atoms in total. The summed E-state index contributed by atoms with van der Waals surface area (Å²) in [4.78, 5) is 52.5. The van der Waals surface area contributed by atoms with Crippen molar-refractivity contribution in [1.29, 1.82) is 0 Å². The van der Waals surface area contributed by atoms with Crippen LogP contribution in [-0.4, -0.2) is 71.9 Å². The van der Waals surface area contributed by atoms with E-state index in [2.05, 4.69) is 0 Å². The average molecular weight is 427 g/mol. The smallest absolute Gasteiger partial charge is 0.331 e. The topological polar surface area (TPSA) is 93.2 Å². The highest BCUT2D eigenvalue weighted by molar-refractivity contribution is 5.94. The zero-order chi connectivity index (χ0) is 23.4. The van der Waals surface area contributed by atoms with Crippen molar-refractivity contribution in [2.24, 2.45) is 11.8 Å². The van der Waals surface area contributed by atoms with Crippen molar-refractivity contribution in [2.75, 3.05) is 26.2 Å². The van der Waals surface area contributed by atoms with Crippen LogP contribution >= 0.6 is 0 Å². The summed E-state index contributed by atoms with van der Waals surface area (Å²) in [6.45, 7) is 16.6. The Kier molecular flexibility index (Phi) is 12.7. The maximum atomic E-state index is 12.5. The van der Waals surface area contributed by atoms with Crippen molar-refractivity contribution >= 4 is 23.8 Å². The molecule has 0 rings (SSSR count). The highest BCUT2D eigenvalue weighted by Crippen LogP contribution is 2.13. The Morgan fingerprint density at radius 3 is 1.10 bits per heavy atom. The molecule has 0 bridgehead atoms. The molecule has 30 heavy (non-hydrogen) atoms. The summed E-state index contributed by atoms with van der Waals surface area (Å²) in [5.74, 6) is -2.63.